The van der Waals surface area contributed by atoms with Crippen LogP contribution in [0.25, 0.3) is 0 Å². The third-order valence-corrected chi connectivity index (χ3v) is 5.51. The summed E-state index contributed by atoms with van der Waals surface area (Å²) < 4.78 is 0.600. The van der Waals surface area contributed by atoms with Crippen LogP contribution >= 0.6 is 27.7 Å². The molecule has 152 valence electrons. The molecule has 0 unspecified atom stereocenters. The van der Waals surface area contributed by atoms with Gasteiger partial charge in [-0.3, -0.25) is 9.59 Å². The average Bonchev–Trinajstić information content (AvgIpc) is 2.74. The molecule has 0 aliphatic rings. The van der Waals surface area contributed by atoms with E-state index in [2.05, 4.69) is 26.6 Å². The minimum Gasteiger partial charge on any atom is -0.478 e. The Balaban J connectivity index is 1.59. The molecule has 0 saturated carbocycles. The molecule has 0 saturated heterocycles. The lowest BCUT2D eigenvalue weighted by molar-refractivity contribution is -0.113. The van der Waals surface area contributed by atoms with Crippen molar-refractivity contribution in [2.75, 3.05) is 16.4 Å². The van der Waals surface area contributed by atoms with Crippen LogP contribution in [-0.4, -0.2) is 28.6 Å². The standard InChI is InChI=1S/C22H17BrN2O4S/c23-15-8-11-19(18(12-15)22(28)29)25-21(27)14-6-9-16(10-7-14)24-20(26)13-30-17-4-2-1-3-5-17/h1-12H,13H2,(H,24,26)(H,25,27)(H,28,29). The number of nitrogens with one attached hydrogen (secondary N) is 2. The first-order valence-electron chi connectivity index (χ1n) is 8.84. The molecular weight excluding hydrogens is 468 g/mol. The quantitative estimate of drug-likeness (QED) is 0.404. The zero-order valence-electron chi connectivity index (χ0n) is 15.6. The van der Waals surface area contributed by atoms with Gasteiger partial charge in [0.15, 0.2) is 0 Å². The lowest BCUT2D eigenvalue weighted by Crippen LogP contribution is -2.16. The van der Waals surface area contributed by atoms with Crippen LogP contribution in [0.15, 0.2) is 82.2 Å². The number of hydrogen-bond donors (Lipinski definition) is 3. The van der Waals surface area contributed by atoms with Gasteiger partial charge in [-0.05, 0) is 54.6 Å². The molecule has 3 aromatic carbocycles. The van der Waals surface area contributed by atoms with E-state index in [1.165, 1.54) is 23.9 Å². The molecule has 3 aromatic rings. The van der Waals surface area contributed by atoms with Crippen molar-refractivity contribution in [3.8, 4) is 0 Å². The van der Waals surface area contributed by atoms with Gasteiger partial charge in [-0.2, -0.15) is 0 Å². The highest BCUT2D eigenvalue weighted by Crippen LogP contribution is 2.22. The number of halogens is 1. The minimum absolute atomic E-state index is 0.0162. The number of carboxylic acids is 1. The van der Waals surface area contributed by atoms with Crippen molar-refractivity contribution in [3.63, 3.8) is 0 Å². The van der Waals surface area contributed by atoms with Crippen LogP contribution < -0.4 is 10.6 Å². The van der Waals surface area contributed by atoms with E-state index in [4.69, 9.17) is 0 Å². The van der Waals surface area contributed by atoms with Crippen LogP contribution in [-0.2, 0) is 4.79 Å². The number of rotatable bonds is 7. The van der Waals surface area contributed by atoms with E-state index in [1.807, 2.05) is 30.3 Å². The minimum atomic E-state index is -1.14. The van der Waals surface area contributed by atoms with Crippen LogP contribution in [0.5, 0.6) is 0 Å². The third kappa shape index (κ3) is 5.95. The largest absolute Gasteiger partial charge is 0.478 e. The van der Waals surface area contributed by atoms with Crippen molar-refractivity contribution in [3.05, 3.63) is 88.4 Å². The smallest absolute Gasteiger partial charge is 0.337 e. The topological polar surface area (TPSA) is 95.5 Å². The Hall–Kier alpha value is -3.10. The molecule has 0 atom stereocenters. The van der Waals surface area contributed by atoms with Crippen molar-refractivity contribution in [2.45, 2.75) is 4.90 Å². The number of carbonyl (C=O) groups is 3. The Bertz CT molecular complexity index is 1070. The molecule has 30 heavy (non-hydrogen) atoms. The summed E-state index contributed by atoms with van der Waals surface area (Å²) >= 11 is 4.65. The van der Waals surface area contributed by atoms with E-state index < -0.39 is 11.9 Å². The Morgan fingerprint density at radius 2 is 1.60 bits per heavy atom. The molecule has 0 spiro atoms. The van der Waals surface area contributed by atoms with Gasteiger partial charge < -0.3 is 15.7 Å². The number of benzene rings is 3. The number of carbonyl (C=O) groups excluding carboxylic acids is 2. The van der Waals surface area contributed by atoms with Gasteiger partial charge in [-0.15, -0.1) is 11.8 Å². The monoisotopic (exact) mass is 484 g/mol. The first kappa shape index (κ1) is 21.6. The predicted octanol–water partition coefficient (Wildman–Crippen LogP) is 5.13. The predicted molar refractivity (Wildman–Crippen MR) is 121 cm³/mol. The van der Waals surface area contributed by atoms with Crippen LogP contribution in [0, 0.1) is 0 Å². The van der Waals surface area contributed by atoms with E-state index in [-0.39, 0.29) is 22.9 Å². The average molecular weight is 485 g/mol. The molecule has 0 aromatic heterocycles. The van der Waals surface area contributed by atoms with Gasteiger partial charge in [0.2, 0.25) is 5.91 Å². The fourth-order valence-corrected chi connectivity index (χ4v) is 3.65. The van der Waals surface area contributed by atoms with Crippen molar-refractivity contribution in [2.24, 2.45) is 0 Å². The molecule has 0 aliphatic heterocycles. The SMILES string of the molecule is O=C(CSc1ccccc1)Nc1ccc(C(=O)Nc2ccc(Br)cc2C(=O)O)cc1. The molecule has 0 fully saturated rings. The summed E-state index contributed by atoms with van der Waals surface area (Å²) in [5.74, 6) is -1.47. The number of anilines is 2. The fourth-order valence-electron chi connectivity index (χ4n) is 2.56. The van der Waals surface area contributed by atoms with E-state index in [0.717, 1.165) is 4.90 Å². The molecule has 0 heterocycles. The van der Waals surface area contributed by atoms with Crippen molar-refractivity contribution in [1.82, 2.24) is 0 Å². The maximum atomic E-state index is 12.5. The zero-order valence-corrected chi connectivity index (χ0v) is 18.0. The Labute approximate surface area is 185 Å². The van der Waals surface area contributed by atoms with E-state index in [1.54, 1.807) is 30.3 Å². The van der Waals surface area contributed by atoms with E-state index in [0.29, 0.717) is 15.7 Å². The normalized spacial score (nSPS) is 10.3. The van der Waals surface area contributed by atoms with Gasteiger partial charge in [0.25, 0.3) is 5.91 Å². The molecule has 0 radical (unpaired) electrons. The van der Waals surface area contributed by atoms with E-state index >= 15 is 0 Å². The van der Waals surface area contributed by atoms with Crippen molar-refractivity contribution >= 4 is 56.9 Å². The summed E-state index contributed by atoms with van der Waals surface area (Å²) in [6.45, 7) is 0. The zero-order chi connectivity index (χ0) is 21.5. The fraction of sp³-hybridized carbons (Fsp3) is 0.0455. The number of thioether (sulfide) groups is 1. The lowest BCUT2D eigenvalue weighted by Gasteiger charge is -2.10. The van der Waals surface area contributed by atoms with Crippen molar-refractivity contribution in [1.29, 1.82) is 0 Å². The second-order valence-corrected chi connectivity index (χ2v) is 8.14. The van der Waals surface area contributed by atoms with Gasteiger partial charge in [0.05, 0.1) is 17.0 Å². The first-order chi connectivity index (χ1) is 14.4. The summed E-state index contributed by atoms with van der Waals surface area (Å²) in [5, 5.41) is 14.7. The summed E-state index contributed by atoms with van der Waals surface area (Å²) in [6, 6.07) is 20.6. The maximum absolute atomic E-state index is 12.5. The second kappa shape index (κ2) is 10.1. The van der Waals surface area contributed by atoms with Crippen molar-refractivity contribution < 1.29 is 19.5 Å². The highest BCUT2D eigenvalue weighted by atomic mass is 79.9. The Morgan fingerprint density at radius 3 is 2.27 bits per heavy atom. The van der Waals surface area contributed by atoms with Gasteiger partial charge in [0.1, 0.15) is 0 Å². The molecule has 3 rings (SSSR count). The lowest BCUT2D eigenvalue weighted by atomic mass is 10.1. The highest BCUT2D eigenvalue weighted by molar-refractivity contribution is 9.10. The Morgan fingerprint density at radius 1 is 0.900 bits per heavy atom. The number of aromatic carboxylic acids is 1. The van der Waals surface area contributed by atoms with E-state index in [9.17, 15) is 19.5 Å². The molecule has 0 bridgehead atoms. The van der Waals surface area contributed by atoms with Gasteiger partial charge >= 0.3 is 5.97 Å². The maximum Gasteiger partial charge on any atom is 0.337 e. The number of amides is 2. The summed E-state index contributed by atoms with van der Waals surface area (Å²) in [6.07, 6.45) is 0. The Kier molecular flexibility index (Phi) is 7.26. The van der Waals surface area contributed by atoms with Gasteiger partial charge in [-0.1, -0.05) is 34.1 Å². The third-order valence-electron chi connectivity index (χ3n) is 4.00. The summed E-state index contributed by atoms with van der Waals surface area (Å²) in [5.41, 5.74) is 1.09. The summed E-state index contributed by atoms with van der Waals surface area (Å²) in [7, 11) is 0. The summed E-state index contributed by atoms with van der Waals surface area (Å²) in [4.78, 5) is 36.9. The van der Waals surface area contributed by atoms with Gasteiger partial charge in [-0.25, -0.2) is 4.79 Å². The van der Waals surface area contributed by atoms with Crippen LogP contribution in [0.3, 0.4) is 0 Å². The number of carboxylic acid groups (broad SMARTS) is 1. The van der Waals surface area contributed by atoms with Crippen LogP contribution in [0.2, 0.25) is 0 Å². The van der Waals surface area contributed by atoms with Crippen LogP contribution in [0.1, 0.15) is 20.7 Å². The number of hydrogen-bond acceptors (Lipinski definition) is 4. The molecule has 8 heteroatoms. The molecular formula is C22H17BrN2O4S. The van der Waals surface area contributed by atoms with Crippen LogP contribution in [0.4, 0.5) is 11.4 Å². The second-order valence-electron chi connectivity index (χ2n) is 6.18. The van der Waals surface area contributed by atoms with Gasteiger partial charge in [0, 0.05) is 20.6 Å². The molecule has 0 aliphatic carbocycles. The molecule has 6 nitrogen and oxygen atoms in total. The highest BCUT2D eigenvalue weighted by Gasteiger charge is 2.14. The first-order valence-corrected chi connectivity index (χ1v) is 10.6. The molecule has 2 amide bonds. The molecule has 3 N–H and O–H groups in total.